The highest BCUT2D eigenvalue weighted by molar-refractivity contribution is 6.09. The Bertz CT molecular complexity index is 1100. The molecular weight excluding hydrogens is 376 g/mol. The molecule has 150 valence electrons. The summed E-state index contributed by atoms with van der Waals surface area (Å²) < 4.78 is 5.38. The van der Waals surface area contributed by atoms with Crippen LogP contribution in [0.15, 0.2) is 72.8 Å². The zero-order valence-corrected chi connectivity index (χ0v) is 16.8. The summed E-state index contributed by atoms with van der Waals surface area (Å²) in [6, 6.07) is 21.0. The quantitative estimate of drug-likeness (QED) is 0.441. The van der Waals surface area contributed by atoms with E-state index in [0.29, 0.717) is 22.3 Å². The highest BCUT2D eigenvalue weighted by atomic mass is 16.5. The van der Waals surface area contributed by atoms with Crippen molar-refractivity contribution in [2.24, 2.45) is 0 Å². The molecule has 0 heterocycles. The van der Waals surface area contributed by atoms with Gasteiger partial charge in [-0.05, 0) is 55.5 Å². The van der Waals surface area contributed by atoms with Gasteiger partial charge in [0.1, 0.15) is 0 Å². The number of carbonyl (C=O) groups excluding carboxylic acids is 3. The third-order valence-corrected chi connectivity index (χ3v) is 5.45. The predicted molar refractivity (Wildman–Crippen MR) is 114 cm³/mol. The number of aryl methyl sites for hydroxylation is 2. The minimum Gasteiger partial charge on any atom is -0.451 e. The van der Waals surface area contributed by atoms with Crippen LogP contribution in [-0.4, -0.2) is 23.6 Å². The van der Waals surface area contributed by atoms with Gasteiger partial charge in [0.25, 0.3) is 0 Å². The lowest BCUT2D eigenvalue weighted by atomic mass is 10.0. The Hall–Kier alpha value is -3.53. The number of esters is 1. The molecule has 1 aliphatic carbocycles. The van der Waals surface area contributed by atoms with E-state index in [1.54, 1.807) is 61.5 Å². The van der Waals surface area contributed by atoms with Crippen LogP contribution in [-0.2, 0) is 17.6 Å². The molecule has 0 aliphatic heterocycles. The molecule has 4 nitrogen and oxygen atoms in total. The molecule has 0 aromatic heterocycles. The molecule has 0 saturated heterocycles. The Labute approximate surface area is 175 Å². The van der Waals surface area contributed by atoms with Crippen LogP contribution < -0.4 is 0 Å². The minimum atomic E-state index is -0.886. The average Bonchev–Trinajstić information content (AvgIpc) is 3.26. The molecule has 0 saturated carbocycles. The number of rotatable bonds is 6. The third kappa shape index (κ3) is 4.08. The van der Waals surface area contributed by atoms with Crippen molar-refractivity contribution in [1.82, 2.24) is 0 Å². The Balaban J connectivity index is 1.42. The summed E-state index contributed by atoms with van der Waals surface area (Å²) in [7, 11) is 0. The summed E-state index contributed by atoms with van der Waals surface area (Å²) in [6.45, 7) is 1.58. The number of ether oxygens (including phenoxy) is 1. The second-order valence-corrected chi connectivity index (χ2v) is 7.52. The van der Waals surface area contributed by atoms with Gasteiger partial charge < -0.3 is 4.74 Å². The maximum absolute atomic E-state index is 12.7. The van der Waals surface area contributed by atoms with Crippen molar-refractivity contribution in [3.05, 3.63) is 106 Å². The van der Waals surface area contributed by atoms with E-state index in [1.807, 2.05) is 18.2 Å². The summed E-state index contributed by atoms with van der Waals surface area (Å²) in [6.07, 6.45) is 2.26. The van der Waals surface area contributed by atoms with Crippen molar-refractivity contribution < 1.29 is 19.1 Å². The highest BCUT2D eigenvalue weighted by Gasteiger charge is 2.22. The van der Waals surface area contributed by atoms with E-state index >= 15 is 0 Å². The van der Waals surface area contributed by atoms with Crippen LogP contribution in [0.2, 0.25) is 0 Å². The standard InChI is InChI=1S/C26H22O4/c1-17(24(27)23-15-10-18-8-5-9-22(18)16-23)30-26(29)21-13-11-20(12-14-21)25(28)19-6-3-2-4-7-19/h2-4,6-7,10-17H,5,8-9H2,1H3/t17-/m1/s1. The summed E-state index contributed by atoms with van der Waals surface area (Å²) in [5.41, 5.74) is 4.44. The molecule has 0 bridgehead atoms. The monoisotopic (exact) mass is 398 g/mol. The van der Waals surface area contributed by atoms with Gasteiger partial charge in [-0.3, -0.25) is 9.59 Å². The molecule has 3 aromatic carbocycles. The Morgan fingerprint density at radius 3 is 2.07 bits per heavy atom. The summed E-state index contributed by atoms with van der Waals surface area (Å²) in [5, 5.41) is 0. The van der Waals surface area contributed by atoms with Gasteiger partial charge in [-0.1, -0.05) is 54.6 Å². The first kappa shape index (κ1) is 19.8. The van der Waals surface area contributed by atoms with Crippen LogP contribution in [0.1, 0.15) is 61.1 Å². The van der Waals surface area contributed by atoms with Gasteiger partial charge in [-0.25, -0.2) is 4.79 Å². The van der Waals surface area contributed by atoms with Crippen molar-refractivity contribution >= 4 is 17.5 Å². The molecule has 1 atom stereocenters. The topological polar surface area (TPSA) is 60.4 Å². The molecule has 0 fully saturated rings. The van der Waals surface area contributed by atoms with Gasteiger partial charge in [0.05, 0.1) is 5.56 Å². The van der Waals surface area contributed by atoms with E-state index in [1.165, 1.54) is 11.1 Å². The van der Waals surface area contributed by atoms with E-state index in [-0.39, 0.29) is 11.6 Å². The van der Waals surface area contributed by atoms with Gasteiger partial charge in [-0.15, -0.1) is 0 Å². The number of hydrogen-bond acceptors (Lipinski definition) is 4. The molecule has 3 aromatic rings. The molecule has 4 heteroatoms. The molecule has 0 unspecified atom stereocenters. The van der Waals surface area contributed by atoms with Crippen molar-refractivity contribution in [3.8, 4) is 0 Å². The zero-order chi connectivity index (χ0) is 21.1. The number of ketones is 2. The molecule has 30 heavy (non-hydrogen) atoms. The smallest absolute Gasteiger partial charge is 0.338 e. The van der Waals surface area contributed by atoms with Crippen LogP contribution in [0.3, 0.4) is 0 Å². The third-order valence-electron chi connectivity index (χ3n) is 5.45. The van der Waals surface area contributed by atoms with E-state index in [4.69, 9.17) is 4.74 Å². The highest BCUT2D eigenvalue weighted by Crippen LogP contribution is 2.24. The lowest BCUT2D eigenvalue weighted by molar-refractivity contribution is 0.0318. The first-order valence-corrected chi connectivity index (χ1v) is 10.1. The number of Topliss-reactive ketones (excluding diaryl/α,β-unsaturated/α-hetero) is 1. The molecular formula is C26H22O4. The summed E-state index contributed by atoms with van der Waals surface area (Å²) >= 11 is 0. The predicted octanol–water partition coefficient (Wildman–Crippen LogP) is 4.83. The lowest BCUT2D eigenvalue weighted by Crippen LogP contribution is -2.24. The van der Waals surface area contributed by atoms with Crippen LogP contribution in [0.4, 0.5) is 0 Å². The number of benzene rings is 3. The van der Waals surface area contributed by atoms with Gasteiger partial charge in [0.15, 0.2) is 11.9 Å². The summed E-state index contributed by atoms with van der Waals surface area (Å²) in [4.78, 5) is 37.6. The maximum Gasteiger partial charge on any atom is 0.338 e. The first-order valence-electron chi connectivity index (χ1n) is 10.1. The Kier molecular flexibility index (Phi) is 5.57. The SMILES string of the molecule is C[C@@H](OC(=O)c1ccc(C(=O)c2ccccc2)cc1)C(=O)c1ccc2c(c1)CCC2. The largest absolute Gasteiger partial charge is 0.451 e. The number of fused-ring (bicyclic) bond motifs is 1. The average molecular weight is 398 g/mol. The fourth-order valence-electron chi connectivity index (χ4n) is 3.76. The van der Waals surface area contributed by atoms with E-state index in [2.05, 4.69) is 0 Å². The van der Waals surface area contributed by atoms with Crippen LogP contribution >= 0.6 is 0 Å². The van der Waals surface area contributed by atoms with Crippen LogP contribution in [0.25, 0.3) is 0 Å². The molecule has 1 aliphatic rings. The van der Waals surface area contributed by atoms with Crippen molar-refractivity contribution in [1.29, 1.82) is 0 Å². The van der Waals surface area contributed by atoms with Gasteiger partial charge in [-0.2, -0.15) is 0 Å². The molecule has 0 N–H and O–H groups in total. The minimum absolute atomic E-state index is 0.115. The molecule has 0 radical (unpaired) electrons. The van der Waals surface area contributed by atoms with Crippen LogP contribution in [0.5, 0.6) is 0 Å². The van der Waals surface area contributed by atoms with E-state index < -0.39 is 12.1 Å². The molecule has 0 spiro atoms. The maximum atomic E-state index is 12.7. The van der Waals surface area contributed by atoms with Gasteiger partial charge in [0, 0.05) is 16.7 Å². The van der Waals surface area contributed by atoms with Crippen molar-refractivity contribution in [2.75, 3.05) is 0 Å². The number of carbonyl (C=O) groups is 3. The van der Waals surface area contributed by atoms with Crippen LogP contribution in [0, 0.1) is 0 Å². The fourth-order valence-corrected chi connectivity index (χ4v) is 3.76. The van der Waals surface area contributed by atoms with Crippen molar-refractivity contribution in [3.63, 3.8) is 0 Å². The Morgan fingerprint density at radius 2 is 1.33 bits per heavy atom. The van der Waals surface area contributed by atoms with E-state index in [9.17, 15) is 14.4 Å². The fraction of sp³-hybridized carbons (Fsp3) is 0.192. The number of hydrogen-bond donors (Lipinski definition) is 0. The zero-order valence-electron chi connectivity index (χ0n) is 16.8. The summed E-state index contributed by atoms with van der Waals surface area (Å²) in [5.74, 6) is -0.916. The second kappa shape index (κ2) is 8.46. The second-order valence-electron chi connectivity index (χ2n) is 7.52. The van der Waals surface area contributed by atoms with E-state index in [0.717, 1.165) is 19.3 Å². The normalized spacial score (nSPS) is 13.4. The first-order chi connectivity index (χ1) is 14.5. The molecule has 0 amide bonds. The molecule has 4 rings (SSSR count). The Morgan fingerprint density at radius 1 is 0.733 bits per heavy atom. The van der Waals surface area contributed by atoms with Crippen molar-refractivity contribution in [2.45, 2.75) is 32.3 Å². The lowest BCUT2D eigenvalue weighted by Gasteiger charge is -2.13. The van der Waals surface area contributed by atoms with Gasteiger partial charge >= 0.3 is 5.97 Å². The van der Waals surface area contributed by atoms with Gasteiger partial charge in [0.2, 0.25) is 5.78 Å².